The minimum absolute atomic E-state index is 0.0270. The topological polar surface area (TPSA) is 105 Å². The molecule has 1 fully saturated rings. The number of alkyl carbamates (subject to hydrolysis) is 1. The quantitative estimate of drug-likeness (QED) is 0.446. The van der Waals surface area contributed by atoms with E-state index in [1.54, 1.807) is 0 Å². The number of ether oxygens (including phenoxy) is 1. The normalized spacial score (nSPS) is 16.7. The van der Waals surface area contributed by atoms with Gasteiger partial charge in [-0.25, -0.2) is 9.59 Å². The van der Waals surface area contributed by atoms with Crippen LogP contribution in [0.3, 0.4) is 0 Å². The molecule has 0 heterocycles. The largest absolute Gasteiger partial charge is 0.480 e. The molecule has 0 unspecified atom stereocenters. The molecular weight excluding hydrogens is 444 g/mol. The molecule has 2 aromatic carbocycles. The molecule has 7 nitrogen and oxygen atoms in total. The van der Waals surface area contributed by atoms with Crippen LogP contribution >= 0.6 is 0 Å². The number of benzene rings is 2. The fourth-order valence-corrected chi connectivity index (χ4v) is 5.40. The molecule has 0 aromatic heterocycles. The zero-order valence-electron chi connectivity index (χ0n) is 20.2. The minimum Gasteiger partial charge on any atom is -0.480 e. The predicted molar refractivity (Wildman–Crippen MR) is 133 cm³/mol. The predicted octanol–water partition coefficient (Wildman–Crippen LogP) is 4.99. The van der Waals surface area contributed by atoms with Crippen molar-refractivity contribution in [1.29, 1.82) is 0 Å². The van der Waals surface area contributed by atoms with Gasteiger partial charge in [0.15, 0.2) is 0 Å². The van der Waals surface area contributed by atoms with Crippen molar-refractivity contribution in [1.82, 2.24) is 10.6 Å². The molecule has 7 heteroatoms. The zero-order chi connectivity index (χ0) is 24.8. The van der Waals surface area contributed by atoms with E-state index in [4.69, 9.17) is 4.74 Å². The minimum atomic E-state index is -1.18. The van der Waals surface area contributed by atoms with Crippen LogP contribution in [0, 0.1) is 0 Å². The van der Waals surface area contributed by atoms with Crippen molar-refractivity contribution < 1.29 is 24.2 Å². The summed E-state index contributed by atoms with van der Waals surface area (Å²) in [5.74, 6) is -1.38. The summed E-state index contributed by atoms with van der Waals surface area (Å²) in [5, 5.41) is 15.2. The highest BCUT2D eigenvalue weighted by atomic mass is 16.5. The Balaban J connectivity index is 1.37. The summed E-state index contributed by atoms with van der Waals surface area (Å²) in [6.07, 6.45) is 4.28. The number of nitrogens with one attached hydrogen (secondary N) is 2. The lowest BCUT2D eigenvalue weighted by Crippen LogP contribution is -2.53. The van der Waals surface area contributed by atoms with Crippen LogP contribution in [0.2, 0.25) is 0 Å². The number of fused-ring (bicyclic) bond motifs is 3. The Hall–Kier alpha value is -3.35. The van der Waals surface area contributed by atoms with E-state index in [-0.39, 0.29) is 24.9 Å². The molecule has 0 radical (unpaired) electrons. The van der Waals surface area contributed by atoms with Gasteiger partial charge < -0.3 is 20.5 Å². The molecule has 0 saturated heterocycles. The fraction of sp³-hybridized carbons (Fsp3) is 0.464. The van der Waals surface area contributed by atoms with Gasteiger partial charge >= 0.3 is 12.1 Å². The molecule has 0 spiro atoms. The average molecular weight is 479 g/mol. The Labute approximate surface area is 206 Å². The van der Waals surface area contributed by atoms with Crippen molar-refractivity contribution in [2.45, 2.75) is 75.8 Å². The summed E-state index contributed by atoms with van der Waals surface area (Å²) in [6.45, 7) is 2.25. The number of carbonyl (C=O) groups is 3. The van der Waals surface area contributed by atoms with E-state index >= 15 is 0 Å². The maximum atomic E-state index is 12.7. The van der Waals surface area contributed by atoms with Gasteiger partial charge in [0.2, 0.25) is 5.91 Å². The Bertz CT molecular complexity index is 1030. The lowest BCUT2D eigenvalue weighted by Gasteiger charge is -2.27. The van der Waals surface area contributed by atoms with E-state index in [0.717, 1.165) is 47.9 Å². The number of carbonyl (C=O) groups excluding carboxylic acids is 2. The van der Waals surface area contributed by atoms with Gasteiger partial charge in [0, 0.05) is 18.4 Å². The molecule has 2 amide bonds. The van der Waals surface area contributed by atoms with Crippen LogP contribution in [-0.2, 0) is 14.3 Å². The van der Waals surface area contributed by atoms with E-state index < -0.39 is 23.6 Å². The van der Waals surface area contributed by atoms with Crippen LogP contribution in [0.5, 0.6) is 0 Å². The number of carboxylic acid groups (broad SMARTS) is 1. The van der Waals surface area contributed by atoms with E-state index in [0.29, 0.717) is 19.3 Å². The number of unbranched alkanes of at least 4 members (excludes halogenated alkanes) is 1. The number of hydrogen-bond acceptors (Lipinski definition) is 4. The van der Waals surface area contributed by atoms with Crippen molar-refractivity contribution in [2.24, 2.45) is 0 Å². The second-order valence-electron chi connectivity index (χ2n) is 9.66. The maximum absolute atomic E-state index is 12.7. The third-order valence-corrected chi connectivity index (χ3v) is 7.25. The Morgan fingerprint density at radius 1 is 1.03 bits per heavy atom. The highest BCUT2D eigenvalue weighted by Gasteiger charge is 2.42. The molecule has 1 atom stereocenters. The Morgan fingerprint density at radius 3 is 2.20 bits per heavy atom. The number of carboxylic acids is 1. The van der Waals surface area contributed by atoms with Crippen molar-refractivity contribution in [3.63, 3.8) is 0 Å². The lowest BCUT2D eigenvalue weighted by atomic mass is 9.97. The first kappa shape index (κ1) is 24.8. The van der Waals surface area contributed by atoms with Gasteiger partial charge in [-0.3, -0.25) is 4.79 Å². The first-order chi connectivity index (χ1) is 16.9. The summed E-state index contributed by atoms with van der Waals surface area (Å²) >= 11 is 0. The lowest BCUT2D eigenvalue weighted by molar-refractivity contribution is -0.147. The summed E-state index contributed by atoms with van der Waals surface area (Å²) in [7, 11) is 0. The van der Waals surface area contributed by atoms with Gasteiger partial charge in [-0.05, 0) is 41.5 Å². The number of hydrogen-bond donors (Lipinski definition) is 3. The van der Waals surface area contributed by atoms with E-state index in [1.807, 2.05) is 31.2 Å². The third-order valence-electron chi connectivity index (χ3n) is 7.25. The summed E-state index contributed by atoms with van der Waals surface area (Å²) < 4.78 is 5.65. The Morgan fingerprint density at radius 2 is 1.63 bits per heavy atom. The Kier molecular flexibility index (Phi) is 7.73. The molecular formula is C28H34N2O5. The standard InChI is InChI=1S/C28H34N2O5/c1-2-3-10-19(17-25(31)30-28(26(32)33)15-8-9-16-28)29-27(34)35-18-24-22-13-6-4-11-20(22)21-12-5-7-14-23(21)24/h4-7,11-14,19,24H,2-3,8-10,15-18H2,1H3,(H,29,34)(H,30,31)(H,32,33)/t19-/m1/s1. The molecule has 2 aromatic rings. The van der Waals surface area contributed by atoms with Gasteiger partial charge in [0.05, 0.1) is 0 Å². The molecule has 4 rings (SSSR count). The molecule has 0 bridgehead atoms. The van der Waals surface area contributed by atoms with Crippen LogP contribution in [0.15, 0.2) is 48.5 Å². The van der Waals surface area contributed by atoms with Crippen molar-refractivity contribution in [3.8, 4) is 11.1 Å². The van der Waals surface area contributed by atoms with Gasteiger partial charge in [-0.15, -0.1) is 0 Å². The van der Waals surface area contributed by atoms with Crippen LogP contribution in [0.4, 0.5) is 4.79 Å². The molecule has 0 aliphatic heterocycles. The van der Waals surface area contributed by atoms with Gasteiger partial charge in [-0.1, -0.05) is 81.1 Å². The monoisotopic (exact) mass is 478 g/mol. The van der Waals surface area contributed by atoms with Crippen LogP contribution in [0.25, 0.3) is 11.1 Å². The summed E-state index contributed by atoms with van der Waals surface area (Å²) in [5.41, 5.74) is 3.41. The SMILES string of the molecule is CCCC[C@H](CC(=O)NC1(C(=O)O)CCCC1)NC(=O)OCC1c2ccccc2-c2ccccc21. The molecule has 35 heavy (non-hydrogen) atoms. The smallest absolute Gasteiger partial charge is 0.407 e. The van der Waals surface area contributed by atoms with E-state index in [1.165, 1.54) is 0 Å². The van der Waals surface area contributed by atoms with Crippen molar-refractivity contribution in [3.05, 3.63) is 59.7 Å². The zero-order valence-corrected chi connectivity index (χ0v) is 20.2. The summed E-state index contributed by atoms with van der Waals surface area (Å²) in [6, 6.07) is 15.9. The second-order valence-corrected chi connectivity index (χ2v) is 9.66. The summed E-state index contributed by atoms with van der Waals surface area (Å²) in [4.78, 5) is 37.3. The van der Waals surface area contributed by atoms with Gasteiger partial charge in [-0.2, -0.15) is 0 Å². The highest BCUT2D eigenvalue weighted by molar-refractivity contribution is 5.87. The van der Waals surface area contributed by atoms with Crippen LogP contribution in [0.1, 0.15) is 75.3 Å². The van der Waals surface area contributed by atoms with E-state index in [2.05, 4.69) is 34.9 Å². The van der Waals surface area contributed by atoms with Gasteiger partial charge in [0.1, 0.15) is 12.1 Å². The molecule has 3 N–H and O–H groups in total. The first-order valence-corrected chi connectivity index (χ1v) is 12.6. The fourth-order valence-electron chi connectivity index (χ4n) is 5.40. The molecule has 2 aliphatic carbocycles. The van der Waals surface area contributed by atoms with Gasteiger partial charge in [0.25, 0.3) is 0 Å². The molecule has 1 saturated carbocycles. The highest BCUT2D eigenvalue weighted by Crippen LogP contribution is 2.44. The third kappa shape index (κ3) is 5.50. The van der Waals surface area contributed by atoms with Crippen molar-refractivity contribution in [2.75, 3.05) is 6.61 Å². The number of aliphatic carboxylic acids is 1. The molecule has 186 valence electrons. The maximum Gasteiger partial charge on any atom is 0.407 e. The number of rotatable bonds is 10. The first-order valence-electron chi connectivity index (χ1n) is 12.6. The van der Waals surface area contributed by atoms with Crippen LogP contribution in [-0.4, -0.2) is 41.3 Å². The average Bonchev–Trinajstić information content (AvgIpc) is 3.45. The molecule has 2 aliphatic rings. The van der Waals surface area contributed by atoms with Crippen molar-refractivity contribution >= 4 is 18.0 Å². The second kappa shape index (κ2) is 10.9. The van der Waals surface area contributed by atoms with Crippen LogP contribution < -0.4 is 10.6 Å². The number of amides is 2. The van der Waals surface area contributed by atoms with E-state index in [9.17, 15) is 19.5 Å².